The fourth-order valence-corrected chi connectivity index (χ4v) is 2.13. The number of H-pyrrole nitrogens is 1. The smallest absolute Gasteiger partial charge is 0.342 e. The molecule has 0 aliphatic carbocycles. The third-order valence-electron chi connectivity index (χ3n) is 3.25. The van der Waals surface area contributed by atoms with Gasteiger partial charge in [-0.05, 0) is 25.0 Å². The van der Waals surface area contributed by atoms with Gasteiger partial charge in [0.1, 0.15) is 5.56 Å². The maximum atomic E-state index is 11.9. The van der Waals surface area contributed by atoms with E-state index in [2.05, 4.69) is 0 Å². The molecule has 2 N–H and O–H groups in total. The van der Waals surface area contributed by atoms with Gasteiger partial charge in [-0.25, -0.2) is 9.59 Å². The summed E-state index contributed by atoms with van der Waals surface area (Å²) in [4.78, 5) is 36.3. The van der Waals surface area contributed by atoms with E-state index < -0.39 is 22.8 Å². The Kier molecular flexibility index (Phi) is 3.56. The molecule has 2 aromatic rings. The molecule has 1 atom stereocenters. The topological polar surface area (TPSA) is 92.2 Å². The number of hydrogen-bond donors (Lipinski definition) is 2. The second-order valence-electron chi connectivity index (χ2n) is 4.55. The van der Waals surface area contributed by atoms with Gasteiger partial charge >= 0.3 is 11.7 Å². The molecule has 0 aliphatic heterocycles. The second-order valence-corrected chi connectivity index (χ2v) is 4.55. The van der Waals surface area contributed by atoms with E-state index in [1.165, 1.54) is 4.57 Å². The van der Waals surface area contributed by atoms with Crippen LogP contribution in [0.1, 0.15) is 34.5 Å². The van der Waals surface area contributed by atoms with E-state index in [-0.39, 0.29) is 6.04 Å². The van der Waals surface area contributed by atoms with E-state index in [1.54, 1.807) is 6.92 Å². The van der Waals surface area contributed by atoms with Crippen LogP contribution >= 0.6 is 0 Å². The lowest BCUT2D eigenvalue weighted by Gasteiger charge is -2.17. The Labute approximate surface area is 114 Å². The van der Waals surface area contributed by atoms with Gasteiger partial charge in [-0.15, -0.1) is 0 Å². The zero-order chi connectivity index (χ0) is 14.9. The quantitative estimate of drug-likeness (QED) is 0.878. The van der Waals surface area contributed by atoms with Crippen LogP contribution in [0.3, 0.4) is 0 Å². The Hall–Kier alpha value is -2.63. The van der Waals surface area contributed by atoms with Crippen molar-refractivity contribution in [2.75, 3.05) is 0 Å². The van der Waals surface area contributed by atoms with Gasteiger partial charge in [-0.3, -0.25) is 14.3 Å². The first-order chi connectivity index (χ1) is 9.41. The van der Waals surface area contributed by atoms with Crippen molar-refractivity contribution >= 4 is 5.97 Å². The minimum absolute atomic E-state index is 0.376. The molecule has 20 heavy (non-hydrogen) atoms. The average Bonchev–Trinajstić information content (AvgIpc) is 2.38. The van der Waals surface area contributed by atoms with Crippen molar-refractivity contribution < 1.29 is 9.90 Å². The van der Waals surface area contributed by atoms with Gasteiger partial charge in [0.2, 0.25) is 0 Å². The maximum absolute atomic E-state index is 11.9. The molecule has 1 aromatic carbocycles. The number of aromatic amines is 1. The molecule has 0 aliphatic rings. The van der Waals surface area contributed by atoms with E-state index >= 15 is 0 Å². The monoisotopic (exact) mass is 274 g/mol. The van der Waals surface area contributed by atoms with Gasteiger partial charge in [0, 0.05) is 6.20 Å². The zero-order valence-electron chi connectivity index (χ0n) is 11.1. The van der Waals surface area contributed by atoms with Crippen molar-refractivity contribution in [3.05, 3.63) is 68.0 Å². The first-order valence-corrected chi connectivity index (χ1v) is 6.06. The molecule has 0 fully saturated rings. The highest BCUT2D eigenvalue weighted by molar-refractivity contribution is 5.86. The number of carboxylic acid groups (broad SMARTS) is 1. The molecule has 0 bridgehead atoms. The van der Waals surface area contributed by atoms with Crippen molar-refractivity contribution in [2.24, 2.45) is 0 Å². The fraction of sp³-hybridized carbons (Fsp3) is 0.214. The lowest BCUT2D eigenvalue weighted by atomic mass is 10.0. The predicted molar refractivity (Wildman–Crippen MR) is 73.3 cm³/mol. The molecule has 0 radical (unpaired) electrons. The first-order valence-electron chi connectivity index (χ1n) is 6.06. The van der Waals surface area contributed by atoms with E-state index in [0.29, 0.717) is 0 Å². The third-order valence-corrected chi connectivity index (χ3v) is 3.25. The number of benzene rings is 1. The van der Waals surface area contributed by atoms with Crippen molar-refractivity contribution in [1.29, 1.82) is 0 Å². The molecular formula is C14H14N2O4. The molecule has 2 rings (SSSR count). The van der Waals surface area contributed by atoms with Crippen LogP contribution in [0, 0.1) is 6.92 Å². The van der Waals surface area contributed by atoms with Crippen LogP contribution in [0.2, 0.25) is 0 Å². The highest BCUT2D eigenvalue weighted by Crippen LogP contribution is 2.19. The molecule has 6 heteroatoms. The maximum Gasteiger partial charge on any atom is 0.342 e. The average molecular weight is 274 g/mol. The largest absolute Gasteiger partial charge is 0.477 e. The van der Waals surface area contributed by atoms with E-state index in [0.717, 1.165) is 17.3 Å². The summed E-state index contributed by atoms with van der Waals surface area (Å²) in [5, 5.41) is 8.95. The normalized spacial score (nSPS) is 12.1. The van der Waals surface area contributed by atoms with Gasteiger partial charge in [0.15, 0.2) is 0 Å². The minimum atomic E-state index is -1.36. The van der Waals surface area contributed by atoms with Gasteiger partial charge < -0.3 is 5.11 Å². The summed E-state index contributed by atoms with van der Waals surface area (Å²) >= 11 is 0. The molecule has 1 aromatic heterocycles. The van der Waals surface area contributed by atoms with E-state index in [1.807, 2.05) is 36.2 Å². The molecule has 104 valence electrons. The summed E-state index contributed by atoms with van der Waals surface area (Å²) in [6, 6.07) is 7.11. The SMILES string of the molecule is Cc1ccccc1C(C)n1cc(C(=O)O)c(=O)[nH]c1=O. The Bertz CT molecular complexity index is 773. The van der Waals surface area contributed by atoms with Crippen LogP contribution in [0.4, 0.5) is 0 Å². The molecule has 0 saturated carbocycles. The van der Waals surface area contributed by atoms with Crippen LogP contribution in [-0.2, 0) is 0 Å². The van der Waals surface area contributed by atoms with Crippen LogP contribution in [0.25, 0.3) is 0 Å². The number of carboxylic acids is 1. The number of aryl methyl sites for hydroxylation is 1. The summed E-state index contributed by atoms with van der Waals surface area (Å²) in [7, 11) is 0. The summed E-state index contributed by atoms with van der Waals surface area (Å²) in [6.45, 7) is 3.67. The zero-order valence-corrected chi connectivity index (χ0v) is 11.1. The molecule has 6 nitrogen and oxygen atoms in total. The molecule has 0 saturated heterocycles. The first kappa shape index (κ1) is 13.8. The molecular weight excluding hydrogens is 260 g/mol. The van der Waals surface area contributed by atoms with Gasteiger partial charge in [0.25, 0.3) is 5.56 Å². The minimum Gasteiger partial charge on any atom is -0.477 e. The number of nitrogens with zero attached hydrogens (tertiary/aromatic N) is 1. The summed E-state index contributed by atoms with van der Waals surface area (Å²) in [6.07, 6.45) is 1.08. The summed E-state index contributed by atoms with van der Waals surface area (Å²) in [5.41, 5.74) is -0.107. The van der Waals surface area contributed by atoms with Gasteiger partial charge in [-0.1, -0.05) is 24.3 Å². The highest BCUT2D eigenvalue weighted by atomic mass is 16.4. The summed E-state index contributed by atoms with van der Waals surface area (Å²) in [5.74, 6) is -1.36. The third kappa shape index (κ3) is 2.40. The van der Waals surface area contributed by atoms with Crippen LogP contribution in [0.15, 0.2) is 40.1 Å². The number of nitrogens with one attached hydrogen (secondary N) is 1. The number of hydrogen-bond acceptors (Lipinski definition) is 3. The number of carbonyl (C=O) groups is 1. The van der Waals surface area contributed by atoms with Gasteiger partial charge in [-0.2, -0.15) is 0 Å². The Morgan fingerprint density at radius 1 is 1.30 bits per heavy atom. The molecule has 0 amide bonds. The standard InChI is InChI=1S/C14H14N2O4/c1-8-5-3-4-6-10(8)9(2)16-7-11(13(18)19)12(17)15-14(16)20/h3-7,9H,1-2H3,(H,18,19)(H,15,17,20). The Balaban J connectivity index is 2.61. The van der Waals surface area contributed by atoms with Crippen molar-refractivity contribution in [1.82, 2.24) is 9.55 Å². The van der Waals surface area contributed by atoms with Crippen molar-refractivity contribution in [2.45, 2.75) is 19.9 Å². The lowest BCUT2D eigenvalue weighted by molar-refractivity contribution is 0.0693. The Morgan fingerprint density at radius 3 is 2.55 bits per heavy atom. The summed E-state index contributed by atoms with van der Waals surface area (Å²) < 4.78 is 1.22. The second kappa shape index (κ2) is 5.16. The van der Waals surface area contributed by atoms with Crippen LogP contribution in [0.5, 0.6) is 0 Å². The van der Waals surface area contributed by atoms with Crippen LogP contribution < -0.4 is 11.2 Å². The fourth-order valence-electron chi connectivity index (χ4n) is 2.13. The number of aromatic carboxylic acids is 1. The predicted octanol–water partition coefficient (Wildman–Crippen LogP) is 1.15. The lowest BCUT2D eigenvalue weighted by Crippen LogP contribution is -2.35. The molecule has 1 heterocycles. The molecule has 1 unspecified atom stereocenters. The van der Waals surface area contributed by atoms with E-state index in [9.17, 15) is 14.4 Å². The Morgan fingerprint density at radius 2 is 1.95 bits per heavy atom. The molecule has 0 spiro atoms. The van der Waals surface area contributed by atoms with Crippen molar-refractivity contribution in [3.63, 3.8) is 0 Å². The number of rotatable bonds is 3. The van der Waals surface area contributed by atoms with Crippen LogP contribution in [-0.4, -0.2) is 20.6 Å². The number of aromatic nitrogens is 2. The highest BCUT2D eigenvalue weighted by Gasteiger charge is 2.16. The van der Waals surface area contributed by atoms with Crippen molar-refractivity contribution in [3.8, 4) is 0 Å². The van der Waals surface area contributed by atoms with E-state index in [4.69, 9.17) is 5.11 Å². The van der Waals surface area contributed by atoms with Gasteiger partial charge in [0.05, 0.1) is 6.04 Å².